The Kier molecular flexibility index (Phi) is 6.98. The monoisotopic (exact) mass is 449 g/mol. The fraction of sp³-hybridized carbons (Fsp3) is 0.778. The number of hydrogen-bond donors (Lipinski definition) is 2. The van der Waals surface area contributed by atoms with Gasteiger partial charge in [0.15, 0.2) is 9.84 Å². The molecule has 0 bridgehead atoms. The van der Waals surface area contributed by atoms with E-state index < -0.39 is 48.2 Å². The molecule has 1 aliphatic heterocycles. The van der Waals surface area contributed by atoms with Gasteiger partial charge in [0, 0.05) is 30.8 Å². The maximum absolute atomic E-state index is 13.1. The standard InChI is InChI=1S/C18H31N3O6S2/c1-12(22)17(2,3)14-11-15(27-20-14)19-16(23)18(4,5)29(25,26)13-7-9-21(10-8-13)28(6)24/h11-13,22H,7-10H2,1-6H3,(H,19,23)/t12-,28?/m0/s1. The van der Waals surface area contributed by atoms with Gasteiger partial charge in [-0.3, -0.25) is 10.1 Å². The lowest BCUT2D eigenvalue weighted by molar-refractivity contribution is -0.118. The minimum absolute atomic E-state index is 0.0261. The molecule has 2 atom stereocenters. The van der Waals surface area contributed by atoms with Crippen LogP contribution in [-0.2, 0) is 31.0 Å². The third kappa shape index (κ3) is 4.73. The highest BCUT2D eigenvalue weighted by Crippen LogP contribution is 2.31. The zero-order valence-corrected chi connectivity index (χ0v) is 19.4. The van der Waals surface area contributed by atoms with E-state index in [1.54, 1.807) is 31.3 Å². The number of nitrogens with one attached hydrogen (secondary N) is 1. The summed E-state index contributed by atoms with van der Waals surface area (Å²) in [5.74, 6) is -0.685. The van der Waals surface area contributed by atoms with Gasteiger partial charge in [0.05, 0.1) is 28.0 Å². The molecule has 2 N–H and O–H groups in total. The number of nitrogens with zero attached hydrogens (tertiary/aromatic N) is 2. The van der Waals surface area contributed by atoms with Crippen molar-refractivity contribution >= 4 is 32.6 Å². The van der Waals surface area contributed by atoms with Crippen LogP contribution in [0.25, 0.3) is 0 Å². The molecule has 1 saturated heterocycles. The van der Waals surface area contributed by atoms with E-state index in [9.17, 15) is 22.5 Å². The Labute approximate surface area is 174 Å². The molecule has 29 heavy (non-hydrogen) atoms. The Bertz CT molecular complexity index is 868. The van der Waals surface area contributed by atoms with Crippen molar-refractivity contribution in [3.8, 4) is 0 Å². The molecule has 2 rings (SSSR count). The van der Waals surface area contributed by atoms with Crippen LogP contribution < -0.4 is 5.32 Å². The molecule has 9 nitrogen and oxygen atoms in total. The minimum Gasteiger partial charge on any atom is -0.392 e. The Morgan fingerprint density at radius 1 is 1.34 bits per heavy atom. The Morgan fingerprint density at radius 2 is 1.90 bits per heavy atom. The van der Waals surface area contributed by atoms with Gasteiger partial charge in [-0.2, -0.15) is 0 Å². The summed E-state index contributed by atoms with van der Waals surface area (Å²) in [6.45, 7) is 8.76. The van der Waals surface area contributed by atoms with Crippen molar-refractivity contribution in [3.05, 3.63) is 11.8 Å². The van der Waals surface area contributed by atoms with Gasteiger partial charge in [-0.05, 0) is 33.6 Å². The lowest BCUT2D eigenvalue weighted by Gasteiger charge is -2.34. The molecule has 1 aromatic rings. The number of anilines is 1. The van der Waals surface area contributed by atoms with Crippen LogP contribution in [0, 0.1) is 0 Å². The van der Waals surface area contributed by atoms with Crippen molar-refractivity contribution in [2.45, 2.75) is 69.0 Å². The normalized spacial score (nSPS) is 19.7. The first-order valence-corrected chi connectivity index (χ1v) is 12.6. The molecular formula is C18H31N3O6S2. The van der Waals surface area contributed by atoms with E-state index in [1.807, 2.05) is 0 Å². The predicted octanol–water partition coefficient (Wildman–Crippen LogP) is 1.22. The molecule has 11 heteroatoms. The second-order valence-electron chi connectivity index (χ2n) is 8.54. The Hall–Kier alpha value is -1.30. The zero-order valence-electron chi connectivity index (χ0n) is 17.8. The molecule has 2 heterocycles. The average Bonchev–Trinajstić information content (AvgIpc) is 3.10. The van der Waals surface area contributed by atoms with Crippen LogP contribution in [0.15, 0.2) is 10.6 Å². The van der Waals surface area contributed by atoms with Crippen LogP contribution in [0.5, 0.6) is 0 Å². The molecule has 0 spiro atoms. The van der Waals surface area contributed by atoms with Gasteiger partial charge >= 0.3 is 0 Å². The lowest BCUT2D eigenvalue weighted by atomic mass is 9.84. The maximum atomic E-state index is 13.1. The number of amides is 1. The van der Waals surface area contributed by atoms with Crippen LogP contribution in [0.1, 0.15) is 53.2 Å². The Morgan fingerprint density at radius 3 is 2.38 bits per heavy atom. The van der Waals surface area contributed by atoms with Crippen LogP contribution >= 0.6 is 0 Å². The largest absolute Gasteiger partial charge is 0.392 e. The summed E-state index contributed by atoms with van der Waals surface area (Å²) in [4.78, 5) is 12.8. The van der Waals surface area contributed by atoms with Gasteiger partial charge < -0.3 is 9.63 Å². The number of aromatic nitrogens is 1. The smallest absolute Gasteiger partial charge is 0.247 e. The van der Waals surface area contributed by atoms with Gasteiger partial charge in [0.25, 0.3) is 0 Å². The van der Waals surface area contributed by atoms with E-state index in [-0.39, 0.29) is 5.88 Å². The maximum Gasteiger partial charge on any atom is 0.247 e. The molecule has 1 amide bonds. The first-order valence-electron chi connectivity index (χ1n) is 9.50. The number of carbonyl (C=O) groups is 1. The number of hydrogen-bond acceptors (Lipinski definition) is 7. The molecule has 1 aliphatic rings. The summed E-state index contributed by atoms with van der Waals surface area (Å²) >= 11 is 0. The molecule has 0 radical (unpaired) electrons. The van der Waals surface area contributed by atoms with Crippen molar-refractivity contribution in [1.82, 2.24) is 9.46 Å². The number of rotatable bonds is 7. The first-order chi connectivity index (χ1) is 13.2. The van der Waals surface area contributed by atoms with Crippen molar-refractivity contribution in [2.75, 3.05) is 24.7 Å². The minimum atomic E-state index is -3.80. The summed E-state index contributed by atoms with van der Waals surface area (Å²) in [5.41, 5.74) is -0.245. The van der Waals surface area contributed by atoms with Crippen LogP contribution in [0.3, 0.4) is 0 Å². The second kappa shape index (κ2) is 8.44. The summed E-state index contributed by atoms with van der Waals surface area (Å²) in [7, 11) is -4.94. The van der Waals surface area contributed by atoms with Gasteiger partial charge in [0.2, 0.25) is 11.8 Å². The first kappa shape index (κ1) is 24.0. The van der Waals surface area contributed by atoms with E-state index >= 15 is 0 Å². The molecular weight excluding hydrogens is 418 g/mol. The second-order valence-corrected chi connectivity index (χ2v) is 12.7. The van der Waals surface area contributed by atoms with Gasteiger partial charge in [-0.1, -0.05) is 19.0 Å². The van der Waals surface area contributed by atoms with Crippen LogP contribution in [-0.4, -0.2) is 68.5 Å². The van der Waals surface area contributed by atoms with Crippen molar-refractivity contribution in [1.29, 1.82) is 0 Å². The number of piperidine rings is 1. The van der Waals surface area contributed by atoms with E-state index in [1.165, 1.54) is 19.9 Å². The highest BCUT2D eigenvalue weighted by molar-refractivity contribution is 7.94. The number of aliphatic hydroxyl groups is 1. The average molecular weight is 450 g/mol. The van der Waals surface area contributed by atoms with Gasteiger partial charge in [0.1, 0.15) is 4.75 Å². The molecule has 0 aliphatic carbocycles. The number of aliphatic hydroxyl groups excluding tert-OH is 1. The Balaban J connectivity index is 2.13. The van der Waals surface area contributed by atoms with E-state index in [4.69, 9.17) is 4.52 Å². The van der Waals surface area contributed by atoms with Crippen LogP contribution in [0.4, 0.5) is 5.88 Å². The van der Waals surface area contributed by atoms with Crippen molar-refractivity contribution < 1.29 is 27.1 Å². The quantitative estimate of drug-likeness (QED) is 0.640. The topological polar surface area (TPSA) is 130 Å². The zero-order chi connectivity index (χ0) is 22.2. The third-order valence-corrected chi connectivity index (χ3v) is 9.96. The molecule has 1 aromatic heterocycles. The van der Waals surface area contributed by atoms with Crippen LogP contribution in [0.2, 0.25) is 0 Å². The fourth-order valence-electron chi connectivity index (χ4n) is 3.06. The van der Waals surface area contributed by atoms with Gasteiger partial charge in [-0.15, -0.1) is 0 Å². The molecule has 1 unspecified atom stereocenters. The summed E-state index contributed by atoms with van der Waals surface area (Å²) in [5, 5.41) is 15.6. The highest BCUT2D eigenvalue weighted by atomic mass is 32.2. The molecule has 166 valence electrons. The van der Waals surface area contributed by atoms with Crippen molar-refractivity contribution in [3.63, 3.8) is 0 Å². The van der Waals surface area contributed by atoms with E-state index in [0.29, 0.717) is 31.6 Å². The molecule has 0 saturated carbocycles. The fourth-order valence-corrected chi connectivity index (χ4v) is 5.76. The lowest BCUT2D eigenvalue weighted by Crippen LogP contribution is -2.51. The summed E-state index contributed by atoms with van der Waals surface area (Å²) < 4.78 is 43.0. The molecule has 0 aromatic carbocycles. The SMILES string of the molecule is C[C@H](O)C(C)(C)c1cc(NC(=O)C(C)(C)S(=O)(=O)C2CCN(S(C)=O)CC2)on1. The number of carbonyl (C=O) groups excluding carboxylic acids is 1. The summed E-state index contributed by atoms with van der Waals surface area (Å²) in [6.07, 6.45) is 1.52. The highest BCUT2D eigenvalue weighted by Gasteiger charge is 2.47. The number of sulfone groups is 1. The summed E-state index contributed by atoms with van der Waals surface area (Å²) in [6, 6.07) is 1.49. The van der Waals surface area contributed by atoms with Crippen molar-refractivity contribution in [2.24, 2.45) is 0 Å². The predicted molar refractivity (Wildman–Crippen MR) is 111 cm³/mol. The van der Waals surface area contributed by atoms with Gasteiger partial charge in [-0.25, -0.2) is 16.9 Å². The van der Waals surface area contributed by atoms with E-state index in [2.05, 4.69) is 10.5 Å². The van der Waals surface area contributed by atoms with E-state index in [0.717, 1.165) is 0 Å². The molecule has 1 fully saturated rings. The third-order valence-electron chi connectivity index (χ3n) is 5.91.